The van der Waals surface area contributed by atoms with Crippen LogP contribution in [-0.2, 0) is 36.9 Å². The number of rotatable bonds is 6. The van der Waals surface area contributed by atoms with E-state index in [-0.39, 0.29) is 36.9 Å². The molecule has 9 nitrogen and oxygen atoms in total. The number of hydrogen-bond donors (Lipinski definition) is 0. The Labute approximate surface area is 228 Å². The first-order chi connectivity index (χ1) is 18.6. The Morgan fingerprint density at radius 2 is 2.00 bits per heavy atom. The molecule has 2 aromatic rings. The van der Waals surface area contributed by atoms with Crippen molar-refractivity contribution in [3.05, 3.63) is 91.5 Å². The first-order valence-corrected chi connectivity index (χ1v) is 13.1. The normalized spacial score (nSPS) is 27.6. The Balaban J connectivity index is 1.25. The molecule has 4 atom stereocenters. The highest BCUT2D eigenvalue weighted by Gasteiger charge is 2.61. The van der Waals surface area contributed by atoms with Gasteiger partial charge in [0.05, 0.1) is 18.3 Å². The lowest BCUT2D eigenvalue weighted by atomic mass is 9.84. The van der Waals surface area contributed by atoms with Crippen molar-refractivity contribution in [3.63, 3.8) is 0 Å². The van der Waals surface area contributed by atoms with Gasteiger partial charge in [-0.3, -0.25) is 18.7 Å². The van der Waals surface area contributed by atoms with Gasteiger partial charge < -0.3 is 14.2 Å². The quantitative estimate of drug-likeness (QED) is 0.232. The molecule has 3 heterocycles. The van der Waals surface area contributed by atoms with Gasteiger partial charge in [-0.15, -0.1) is 0 Å². The zero-order chi connectivity index (χ0) is 27.9. The molecule has 0 spiro atoms. The lowest BCUT2D eigenvalue weighted by Gasteiger charge is -2.20. The predicted molar refractivity (Wildman–Crippen MR) is 139 cm³/mol. The first kappa shape index (κ1) is 27.1. The fourth-order valence-electron chi connectivity index (χ4n) is 5.25. The number of fused-ring (bicyclic) bond motifs is 3. The number of carbonyl (C=O) groups excluding carboxylic acids is 2. The number of halogens is 2. The van der Waals surface area contributed by atoms with Gasteiger partial charge in [-0.05, 0) is 55.9 Å². The summed E-state index contributed by atoms with van der Waals surface area (Å²) in [6, 6.07) is 6.42. The molecule has 0 radical (unpaired) electrons. The largest absolute Gasteiger partial charge is 0.460 e. The molecule has 1 aromatic heterocycles. The van der Waals surface area contributed by atoms with Gasteiger partial charge in [-0.25, -0.2) is 9.59 Å². The summed E-state index contributed by atoms with van der Waals surface area (Å²) >= 11 is 5.88. The highest BCUT2D eigenvalue weighted by Crippen LogP contribution is 2.49. The smallest absolute Gasteiger partial charge is 0.334 e. The molecular formula is C28H28ClFN2O7. The van der Waals surface area contributed by atoms with E-state index in [0.717, 1.165) is 14.7 Å². The highest BCUT2D eigenvalue weighted by atomic mass is 35.5. The van der Waals surface area contributed by atoms with E-state index in [4.69, 9.17) is 25.8 Å². The third-order valence-electron chi connectivity index (χ3n) is 7.61. The number of esters is 2. The monoisotopic (exact) mass is 558 g/mol. The van der Waals surface area contributed by atoms with E-state index < -0.39 is 35.5 Å². The van der Waals surface area contributed by atoms with Crippen LogP contribution in [0.5, 0.6) is 0 Å². The number of epoxide rings is 1. The van der Waals surface area contributed by atoms with E-state index in [1.165, 1.54) is 0 Å². The van der Waals surface area contributed by atoms with Gasteiger partial charge in [-0.1, -0.05) is 36.4 Å². The van der Waals surface area contributed by atoms with Crippen LogP contribution in [0.4, 0.5) is 4.39 Å². The van der Waals surface area contributed by atoms with E-state index in [1.54, 1.807) is 24.3 Å². The minimum absolute atomic E-state index is 0.0276. The van der Waals surface area contributed by atoms with Crippen LogP contribution in [0.1, 0.15) is 38.2 Å². The zero-order valence-corrected chi connectivity index (χ0v) is 22.1. The second kappa shape index (κ2) is 10.6. The average Bonchev–Trinajstić information content (AvgIpc) is 3.49. The topological polar surface area (TPSA) is 109 Å². The molecule has 0 saturated carbocycles. The molecular weight excluding hydrogens is 531 g/mol. The molecule has 11 heteroatoms. The molecule has 1 aromatic carbocycles. The van der Waals surface area contributed by atoms with Crippen molar-refractivity contribution in [1.29, 1.82) is 0 Å². The molecule has 2 aliphatic heterocycles. The van der Waals surface area contributed by atoms with Crippen LogP contribution in [0.25, 0.3) is 0 Å². The van der Waals surface area contributed by atoms with Crippen molar-refractivity contribution in [2.45, 2.75) is 63.5 Å². The van der Waals surface area contributed by atoms with Gasteiger partial charge in [0.2, 0.25) is 5.82 Å². The zero-order valence-electron chi connectivity index (χ0n) is 21.4. The summed E-state index contributed by atoms with van der Waals surface area (Å²) in [6.07, 6.45) is 4.71. The molecule has 0 bridgehead atoms. The Bertz CT molecular complexity index is 1480. The highest BCUT2D eigenvalue weighted by molar-refractivity contribution is 6.30. The number of ether oxygens (including phenoxy) is 3. The Morgan fingerprint density at radius 3 is 2.74 bits per heavy atom. The van der Waals surface area contributed by atoms with Crippen LogP contribution in [0.15, 0.2) is 63.9 Å². The van der Waals surface area contributed by atoms with Crippen molar-refractivity contribution in [1.82, 2.24) is 9.13 Å². The predicted octanol–water partition coefficient (Wildman–Crippen LogP) is 3.15. The molecule has 2 saturated heterocycles. The maximum absolute atomic E-state index is 14.4. The number of hydrogen-bond acceptors (Lipinski definition) is 7. The lowest BCUT2D eigenvalue weighted by molar-refractivity contribution is -0.143. The van der Waals surface area contributed by atoms with Crippen LogP contribution < -0.4 is 11.2 Å². The summed E-state index contributed by atoms with van der Waals surface area (Å²) in [5.41, 5.74) is -0.473. The summed E-state index contributed by atoms with van der Waals surface area (Å²) in [5, 5.41) is 0.477. The van der Waals surface area contributed by atoms with Crippen LogP contribution in [-0.4, -0.2) is 45.5 Å². The van der Waals surface area contributed by atoms with E-state index >= 15 is 0 Å². The number of carbonyl (C=O) groups is 2. The van der Waals surface area contributed by atoms with E-state index in [2.05, 4.69) is 6.58 Å². The minimum Gasteiger partial charge on any atom is -0.460 e. The molecule has 3 aliphatic rings. The summed E-state index contributed by atoms with van der Waals surface area (Å²) in [5.74, 6) is -2.52. The van der Waals surface area contributed by atoms with Gasteiger partial charge in [0.25, 0.3) is 5.56 Å². The van der Waals surface area contributed by atoms with Crippen molar-refractivity contribution >= 4 is 23.5 Å². The number of nitrogens with zero attached hydrogens (tertiary/aromatic N) is 2. The van der Waals surface area contributed by atoms with Gasteiger partial charge in [0.15, 0.2) is 0 Å². The molecule has 1 aliphatic carbocycles. The third kappa shape index (κ3) is 5.62. The first-order valence-electron chi connectivity index (χ1n) is 12.7. The summed E-state index contributed by atoms with van der Waals surface area (Å²) < 4.78 is 32.8. The van der Waals surface area contributed by atoms with Crippen LogP contribution in [0.2, 0.25) is 5.02 Å². The average molecular weight is 559 g/mol. The van der Waals surface area contributed by atoms with Crippen molar-refractivity contribution < 1.29 is 28.2 Å². The Kier molecular flexibility index (Phi) is 7.35. The molecule has 39 heavy (non-hydrogen) atoms. The standard InChI is InChI=1S/C28H28ClFN2O7/c1-16-20-10-7-18(4-3-11-28(2)24(39-28)23(20)38-26(16)35)15-37-22(33)14-31-13-21(30)25(34)32(27(31)36)12-17-5-8-19(29)9-6-17/h4-6,8-9,13,20,23-24H,1,3,7,10-12,14-15H2,2H3/b18-4+/t20-,23-,24-,28+/m0/s1. The van der Waals surface area contributed by atoms with Gasteiger partial charge in [-0.2, -0.15) is 4.39 Å². The molecule has 2 fully saturated rings. The summed E-state index contributed by atoms with van der Waals surface area (Å²) in [7, 11) is 0. The lowest BCUT2D eigenvalue weighted by Crippen LogP contribution is -2.42. The SMILES string of the molecule is C=C1C(=O)O[C@H]2[C@H]1CC/C(COC(=O)Cn1cc(F)c(=O)n(Cc3ccc(Cl)cc3)c1=O)=C\CC[C@@]1(C)O[C@@H]21. The number of allylic oxidation sites excluding steroid dienone is 1. The van der Waals surface area contributed by atoms with Crippen LogP contribution in [0.3, 0.4) is 0 Å². The van der Waals surface area contributed by atoms with Gasteiger partial charge in [0, 0.05) is 16.5 Å². The molecule has 0 unspecified atom stereocenters. The second-order valence-electron chi connectivity index (χ2n) is 10.4. The third-order valence-corrected chi connectivity index (χ3v) is 7.86. The van der Waals surface area contributed by atoms with Crippen molar-refractivity contribution in [3.8, 4) is 0 Å². The van der Waals surface area contributed by atoms with Crippen LogP contribution in [0, 0.1) is 11.7 Å². The second-order valence-corrected chi connectivity index (χ2v) is 10.8. The minimum atomic E-state index is -1.16. The van der Waals surface area contributed by atoms with Gasteiger partial charge in [0.1, 0.15) is 25.4 Å². The van der Waals surface area contributed by atoms with E-state index in [9.17, 15) is 23.6 Å². The van der Waals surface area contributed by atoms with E-state index in [0.29, 0.717) is 48.0 Å². The maximum Gasteiger partial charge on any atom is 0.334 e. The fraction of sp³-hybridized carbons (Fsp3) is 0.429. The van der Waals surface area contributed by atoms with Gasteiger partial charge >= 0.3 is 17.6 Å². The van der Waals surface area contributed by atoms with Crippen molar-refractivity contribution in [2.24, 2.45) is 5.92 Å². The number of aromatic nitrogens is 2. The van der Waals surface area contributed by atoms with Crippen molar-refractivity contribution in [2.75, 3.05) is 6.61 Å². The summed E-state index contributed by atoms with van der Waals surface area (Å²) in [4.78, 5) is 50.0. The van der Waals surface area contributed by atoms with Crippen LogP contribution >= 0.6 is 11.6 Å². The number of benzene rings is 1. The summed E-state index contributed by atoms with van der Waals surface area (Å²) in [6.45, 7) is 5.11. The maximum atomic E-state index is 14.4. The molecule has 0 amide bonds. The Hall–Kier alpha value is -3.50. The van der Waals surface area contributed by atoms with E-state index in [1.807, 2.05) is 13.0 Å². The fourth-order valence-corrected chi connectivity index (χ4v) is 5.38. The molecule has 206 valence electrons. The molecule has 5 rings (SSSR count). The molecule has 0 N–H and O–H groups in total. The Morgan fingerprint density at radius 1 is 1.26 bits per heavy atom.